The van der Waals surface area contributed by atoms with Crippen LogP contribution >= 0.6 is 0 Å². The quantitative estimate of drug-likeness (QED) is 0.188. The molecular formula is C35H61N5O6Si3. The Morgan fingerprint density at radius 2 is 1.35 bits per heavy atom. The first-order valence-electron chi connectivity index (χ1n) is 17.4. The summed E-state index contributed by atoms with van der Waals surface area (Å²) >= 11 is 0. The van der Waals surface area contributed by atoms with E-state index in [1.165, 1.54) is 0 Å². The summed E-state index contributed by atoms with van der Waals surface area (Å²) in [6.07, 6.45) is -2.37. The van der Waals surface area contributed by atoms with Gasteiger partial charge in [0.2, 0.25) is 5.95 Å². The van der Waals surface area contributed by atoms with Crippen molar-refractivity contribution in [2.24, 2.45) is 0 Å². The molecule has 1 saturated heterocycles. The monoisotopic (exact) mass is 731 g/mol. The van der Waals surface area contributed by atoms with E-state index in [1.54, 1.807) is 4.57 Å². The number of rotatable bonds is 11. The van der Waals surface area contributed by atoms with Crippen molar-refractivity contribution in [2.75, 3.05) is 12.3 Å². The number of aromatic nitrogens is 4. The number of nitrogens with two attached hydrogens (primary N) is 1. The van der Waals surface area contributed by atoms with Gasteiger partial charge in [0.1, 0.15) is 24.9 Å². The summed E-state index contributed by atoms with van der Waals surface area (Å²) in [5.41, 5.74) is 6.99. The molecule has 0 amide bonds. The van der Waals surface area contributed by atoms with Crippen molar-refractivity contribution in [1.29, 1.82) is 0 Å². The topological polar surface area (TPSA) is 136 Å². The number of aromatic amines is 1. The number of anilines is 1. The van der Waals surface area contributed by atoms with Crippen molar-refractivity contribution in [3.8, 4) is 6.01 Å². The van der Waals surface area contributed by atoms with E-state index >= 15 is 0 Å². The molecule has 4 atom stereocenters. The molecule has 3 N–H and O–H groups in total. The molecule has 0 spiro atoms. The van der Waals surface area contributed by atoms with Gasteiger partial charge in [-0.1, -0.05) is 92.6 Å². The molecule has 2 aromatic heterocycles. The molecule has 1 fully saturated rings. The summed E-state index contributed by atoms with van der Waals surface area (Å²) in [7, 11) is -7.01. The maximum absolute atomic E-state index is 13.2. The fourth-order valence-electron chi connectivity index (χ4n) is 4.89. The van der Waals surface area contributed by atoms with E-state index in [2.05, 4.69) is 117 Å². The number of hydrogen-bond donors (Lipinski definition) is 2. The van der Waals surface area contributed by atoms with Crippen molar-refractivity contribution < 1.29 is 22.8 Å². The van der Waals surface area contributed by atoms with Gasteiger partial charge in [0.25, 0.3) is 5.56 Å². The minimum absolute atomic E-state index is 0.000692. The van der Waals surface area contributed by atoms with Crippen LogP contribution < -0.4 is 16.0 Å². The van der Waals surface area contributed by atoms with Gasteiger partial charge < -0.3 is 28.5 Å². The Bertz CT molecular complexity index is 1650. The maximum atomic E-state index is 13.2. The molecule has 14 heteroatoms. The molecule has 274 valence electrons. The highest BCUT2D eigenvalue weighted by Gasteiger charge is 2.55. The third-order valence-electron chi connectivity index (χ3n) is 11.2. The standard InChI is InChI=1S/C35H61N5O6Si3/c1-33(2,3)47(10,11)43-22-24-26(45-48(12,13)34(4,5)6)27(46-49(14,15)35(7,8)9)30(44-24)40-28-25(29(41)39-31(36)38-28)37-32(40)42-21-23-19-17-16-18-20-23/h16-20,24,26-27,30H,21-22H2,1-15H3,(H3,36,38,39,41)/t24-,26-,27-,30-/m1/s1. The molecular weight excluding hydrogens is 671 g/mol. The van der Waals surface area contributed by atoms with Crippen LogP contribution in [0.3, 0.4) is 0 Å². The summed E-state index contributed by atoms with van der Waals surface area (Å²) < 4.78 is 36.7. The van der Waals surface area contributed by atoms with Crippen LogP contribution in [0.15, 0.2) is 35.1 Å². The summed E-state index contributed by atoms with van der Waals surface area (Å²) in [4.78, 5) is 25.1. The molecule has 0 aliphatic carbocycles. The largest absolute Gasteiger partial charge is 0.460 e. The SMILES string of the molecule is CC(C)(C)[Si](C)(C)OC[C@H]1O[C@@H](n2c(OCc3ccccc3)nc3c(=O)[nH]c(N)nc32)[C@H](O[Si](C)(C)C(C)(C)C)[C@@H]1O[Si](C)(C)C(C)(C)C. The molecule has 4 rings (SSSR count). The number of hydrogen-bond acceptors (Lipinski definition) is 9. The molecule has 0 saturated carbocycles. The van der Waals surface area contributed by atoms with Gasteiger partial charge in [-0.3, -0.25) is 9.78 Å². The highest BCUT2D eigenvalue weighted by molar-refractivity contribution is 6.75. The van der Waals surface area contributed by atoms with E-state index in [0.29, 0.717) is 6.61 Å². The second kappa shape index (κ2) is 13.7. The van der Waals surface area contributed by atoms with Crippen LogP contribution in [0.1, 0.15) is 74.1 Å². The lowest BCUT2D eigenvalue weighted by molar-refractivity contribution is -0.0505. The molecule has 1 aliphatic heterocycles. The van der Waals surface area contributed by atoms with Gasteiger partial charge in [0.05, 0.1) is 6.61 Å². The van der Waals surface area contributed by atoms with E-state index in [4.69, 9.17) is 28.5 Å². The highest BCUT2D eigenvalue weighted by Crippen LogP contribution is 2.47. The molecule has 0 radical (unpaired) electrons. The van der Waals surface area contributed by atoms with Gasteiger partial charge >= 0.3 is 6.01 Å². The summed E-state index contributed by atoms with van der Waals surface area (Å²) in [6, 6.07) is 10.00. The Kier molecular flexibility index (Phi) is 11.0. The van der Waals surface area contributed by atoms with E-state index in [-0.39, 0.29) is 44.8 Å². The third kappa shape index (κ3) is 8.42. The van der Waals surface area contributed by atoms with Crippen molar-refractivity contribution >= 4 is 42.1 Å². The zero-order valence-corrected chi connectivity index (χ0v) is 35.5. The zero-order chi connectivity index (χ0) is 37.0. The van der Waals surface area contributed by atoms with E-state index in [0.717, 1.165) is 5.56 Å². The number of fused-ring (bicyclic) bond motifs is 1. The lowest BCUT2D eigenvalue weighted by Crippen LogP contribution is -2.54. The van der Waals surface area contributed by atoms with Crippen molar-refractivity contribution in [1.82, 2.24) is 19.5 Å². The highest BCUT2D eigenvalue weighted by atomic mass is 28.4. The summed E-state index contributed by atoms with van der Waals surface area (Å²) in [5, 5.41) is -0.190. The number of imidazole rings is 1. The number of nitrogen functional groups attached to an aromatic ring is 1. The van der Waals surface area contributed by atoms with Crippen LogP contribution in [0, 0.1) is 0 Å². The normalized spacial score (nSPS) is 21.4. The number of ether oxygens (including phenoxy) is 2. The van der Waals surface area contributed by atoms with Gasteiger partial charge in [-0.2, -0.15) is 9.97 Å². The van der Waals surface area contributed by atoms with Gasteiger partial charge in [-0.25, -0.2) is 4.57 Å². The van der Waals surface area contributed by atoms with Crippen LogP contribution in [0.25, 0.3) is 11.2 Å². The predicted octanol–water partition coefficient (Wildman–Crippen LogP) is 7.98. The Labute approximate surface area is 296 Å². The minimum atomic E-state index is -2.45. The molecule has 0 bridgehead atoms. The Hall–Kier alpha value is -2.34. The van der Waals surface area contributed by atoms with Crippen LogP contribution in [-0.4, -0.2) is 69.4 Å². The number of nitrogens with one attached hydrogen (secondary N) is 1. The molecule has 11 nitrogen and oxygen atoms in total. The first kappa shape index (κ1) is 39.4. The van der Waals surface area contributed by atoms with E-state index < -0.39 is 55.1 Å². The smallest absolute Gasteiger partial charge is 0.301 e. The summed E-state index contributed by atoms with van der Waals surface area (Å²) in [5.74, 6) is -0.0278. The third-order valence-corrected chi connectivity index (χ3v) is 24.6. The van der Waals surface area contributed by atoms with Crippen LogP contribution in [0.4, 0.5) is 5.95 Å². The zero-order valence-electron chi connectivity index (χ0n) is 32.5. The Morgan fingerprint density at radius 3 is 1.88 bits per heavy atom. The predicted molar refractivity (Wildman–Crippen MR) is 205 cm³/mol. The Balaban J connectivity index is 1.93. The van der Waals surface area contributed by atoms with Gasteiger partial charge in [-0.15, -0.1) is 0 Å². The first-order valence-corrected chi connectivity index (χ1v) is 26.1. The van der Waals surface area contributed by atoms with E-state index in [1.807, 2.05) is 30.3 Å². The van der Waals surface area contributed by atoms with Gasteiger partial charge in [0, 0.05) is 0 Å². The van der Waals surface area contributed by atoms with Crippen LogP contribution in [0.2, 0.25) is 54.4 Å². The Morgan fingerprint density at radius 1 is 0.816 bits per heavy atom. The second-order valence-electron chi connectivity index (χ2n) is 18.0. The van der Waals surface area contributed by atoms with Crippen LogP contribution in [-0.2, 0) is 24.6 Å². The summed E-state index contributed by atoms with van der Waals surface area (Å²) in [6.45, 7) is 34.0. The minimum Gasteiger partial charge on any atom is -0.460 e. The van der Waals surface area contributed by atoms with Gasteiger partial charge in [-0.05, 0) is 60.0 Å². The average molecular weight is 732 g/mol. The molecule has 1 aromatic carbocycles. The molecule has 1 aliphatic rings. The number of nitrogens with zero attached hydrogens (tertiary/aromatic N) is 3. The maximum Gasteiger partial charge on any atom is 0.301 e. The molecule has 3 heterocycles. The average Bonchev–Trinajstić information content (AvgIpc) is 3.46. The number of benzene rings is 1. The number of H-pyrrole nitrogens is 1. The fourth-order valence-corrected chi connectivity index (χ4v) is 8.51. The van der Waals surface area contributed by atoms with Crippen molar-refractivity contribution in [2.45, 2.75) is 148 Å². The van der Waals surface area contributed by atoms with Gasteiger partial charge in [0.15, 0.2) is 42.3 Å². The second-order valence-corrected chi connectivity index (χ2v) is 32.3. The van der Waals surface area contributed by atoms with Crippen LogP contribution in [0.5, 0.6) is 6.01 Å². The lowest BCUT2D eigenvalue weighted by Gasteiger charge is -2.44. The molecule has 49 heavy (non-hydrogen) atoms. The fraction of sp³-hybridized carbons (Fsp3) is 0.686. The molecule has 0 unspecified atom stereocenters. The lowest BCUT2D eigenvalue weighted by atomic mass is 10.1. The van der Waals surface area contributed by atoms with E-state index in [9.17, 15) is 4.79 Å². The molecule has 3 aromatic rings. The van der Waals surface area contributed by atoms with Crippen molar-refractivity contribution in [3.05, 3.63) is 46.2 Å². The van der Waals surface area contributed by atoms with Crippen molar-refractivity contribution in [3.63, 3.8) is 0 Å². The first-order chi connectivity index (χ1) is 22.3.